The van der Waals surface area contributed by atoms with Gasteiger partial charge in [0.25, 0.3) is 0 Å². The van der Waals surface area contributed by atoms with Gasteiger partial charge < -0.3 is 0 Å². The molecule has 0 nitrogen and oxygen atoms in total. The minimum absolute atomic E-state index is 1.07. The molecule has 0 aliphatic heterocycles. The molecule has 0 atom stereocenters. The summed E-state index contributed by atoms with van der Waals surface area (Å²) < 4.78 is 0. The summed E-state index contributed by atoms with van der Waals surface area (Å²) in [5.74, 6) is 1.07. The molecule has 0 aromatic heterocycles. The van der Waals surface area contributed by atoms with Crippen molar-refractivity contribution in [3.8, 4) is 0 Å². The maximum absolute atomic E-state index is 4.25. The lowest BCUT2D eigenvalue weighted by atomic mass is 10.0. The first-order chi connectivity index (χ1) is 10.4. The second-order valence-corrected chi connectivity index (χ2v) is 8.18. The average Bonchev–Trinajstić information content (AvgIpc) is 2.50. The van der Waals surface area contributed by atoms with Crippen LogP contribution in [0.15, 0.2) is 0 Å². The smallest absolute Gasteiger partial charge is 0.00279 e. The third-order valence-electron chi connectivity index (χ3n) is 4.51. The van der Waals surface area contributed by atoms with E-state index < -0.39 is 0 Å². The summed E-state index contributed by atoms with van der Waals surface area (Å²) in [6.07, 6.45) is 24.9. The Morgan fingerprint density at radius 3 is 0.857 bits per heavy atom. The van der Waals surface area contributed by atoms with Crippen LogP contribution in [0.3, 0.4) is 0 Å². The van der Waals surface area contributed by atoms with Crippen molar-refractivity contribution in [3.05, 3.63) is 0 Å². The molecule has 0 heterocycles. The van der Waals surface area contributed by atoms with Gasteiger partial charge in [0.05, 0.1) is 0 Å². The third-order valence-corrected chi connectivity index (χ3v) is 5.54. The molecule has 0 amide bonds. The van der Waals surface area contributed by atoms with Gasteiger partial charge in [0.1, 0.15) is 0 Å². The first kappa shape index (κ1) is 21.6. The molecule has 0 aromatic rings. The minimum atomic E-state index is 1.07. The highest BCUT2D eigenvalue weighted by atomic mass is 32.1. The second-order valence-electron chi connectivity index (χ2n) is 6.73. The SMILES string of the molecule is [SiH3]CCCCCCCCCCCCCCCCCCCS. The third kappa shape index (κ3) is 20.6. The quantitative estimate of drug-likeness (QED) is 0.169. The Hall–Kier alpha value is 0.567. The van der Waals surface area contributed by atoms with Gasteiger partial charge in [-0.15, -0.1) is 0 Å². The Kier molecular flexibility index (Phi) is 21.1. The van der Waals surface area contributed by atoms with E-state index in [1.807, 2.05) is 0 Å². The summed E-state index contributed by atoms with van der Waals surface area (Å²) in [5.41, 5.74) is 0. The standard InChI is InChI=1S/C19H42SSi/c20-18-16-14-12-10-8-6-4-2-1-3-5-7-9-11-13-15-17-19-21/h20H,1-19H2,21H3. The van der Waals surface area contributed by atoms with Gasteiger partial charge in [-0.05, 0) is 12.2 Å². The second kappa shape index (κ2) is 20.6. The van der Waals surface area contributed by atoms with E-state index in [0.29, 0.717) is 0 Å². The van der Waals surface area contributed by atoms with E-state index in [4.69, 9.17) is 0 Å². The highest BCUT2D eigenvalue weighted by Crippen LogP contribution is 2.14. The molecular formula is C19H42SSi. The van der Waals surface area contributed by atoms with E-state index in [1.54, 1.807) is 0 Å². The predicted molar refractivity (Wildman–Crippen MR) is 107 cm³/mol. The Labute approximate surface area is 144 Å². The van der Waals surface area contributed by atoms with Crippen molar-refractivity contribution in [1.82, 2.24) is 0 Å². The number of hydrogen-bond donors (Lipinski definition) is 1. The fourth-order valence-electron chi connectivity index (χ4n) is 3.01. The molecule has 0 radical (unpaired) electrons. The normalized spacial score (nSPS) is 11.3. The topological polar surface area (TPSA) is 0 Å². The Morgan fingerprint density at radius 2 is 0.619 bits per heavy atom. The molecule has 0 aliphatic carbocycles. The summed E-state index contributed by atoms with van der Waals surface area (Å²) in [4.78, 5) is 0. The number of rotatable bonds is 18. The van der Waals surface area contributed by atoms with Crippen molar-refractivity contribution >= 4 is 22.9 Å². The zero-order chi connectivity index (χ0) is 15.4. The van der Waals surface area contributed by atoms with E-state index >= 15 is 0 Å². The van der Waals surface area contributed by atoms with Crippen molar-refractivity contribution in [2.45, 2.75) is 115 Å². The summed E-state index contributed by atoms with van der Waals surface area (Å²) >= 11 is 4.25. The van der Waals surface area contributed by atoms with E-state index in [9.17, 15) is 0 Å². The highest BCUT2D eigenvalue weighted by Gasteiger charge is 1.94. The van der Waals surface area contributed by atoms with Crippen LogP contribution in [-0.4, -0.2) is 16.0 Å². The van der Waals surface area contributed by atoms with Gasteiger partial charge in [0.15, 0.2) is 0 Å². The zero-order valence-corrected chi connectivity index (χ0v) is 17.8. The van der Waals surface area contributed by atoms with Crippen LogP contribution in [0, 0.1) is 0 Å². The lowest BCUT2D eigenvalue weighted by molar-refractivity contribution is 0.529. The fourth-order valence-corrected chi connectivity index (χ4v) is 3.74. The molecule has 0 aromatic carbocycles. The van der Waals surface area contributed by atoms with Crippen LogP contribution in [0.1, 0.15) is 109 Å². The molecule has 21 heavy (non-hydrogen) atoms. The molecule has 0 N–H and O–H groups in total. The molecule has 0 bridgehead atoms. The summed E-state index contributed by atoms with van der Waals surface area (Å²) in [5, 5.41) is 0. The molecule has 0 spiro atoms. The average molecular weight is 331 g/mol. The van der Waals surface area contributed by atoms with Crippen molar-refractivity contribution < 1.29 is 0 Å². The fraction of sp³-hybridized carbons (Fsp3) is 1.00. The van der Waals surface area contributed by atoms with E-state index in [2.05, 4.69) is 12.6 Å². The zero-order valence-electron chi connectivity index (χ0n) is 14.9. The lowest BCUT2D eigenvalue weighted by Crippen LogP contribution is -1.84. The molecule has 128 valence electrons. The maximum Gasteiger partial charge on any atom is 0.00279 e. The summed E-state index contributed by atoms with van der Waals surface area (Å²) in [6.45, 7) is 0. The van der Waals surface area contributed by atoms with Crippen LogP contribution >= 0.6 is 12.6 Å². The van der Waals surface area contributed by atoms with Crippen molar-refractivity contribution in [3.63, 3.8) is 0 Å². The molecule has 2 heteroatoms. The number of unbranched alkanes of at least 4 members (excludes halogenated alkanes) is 16. The van der Waals surface area contributed by atoms with E-state index in [0.717, 1.165) is 5.75 Å². The van der Waals surface area contributed by atoms with Gasteiger partial charge >= 0.3 is 0 Å². The summed E-state index contributed by atoms with van der Waals surface area (Å²) in [7, 11) is 1.41. The molecule has 0 unspecified atom stereocenters. The van der Waals surface area contributed by atoms with Gasteiger partial charge in [0.2, 0.25) is 0 Å². The molecule has 0 fully saturated rings. The van der Waals surface area contributed by atoms with Gasteiger partial charge in [-0.25, -0.2) is 0 Å². The maximum atomic E-state index is 4.25. The minimum Gasteiger partial charge on any atom is -0.179 e. The Bertz CT molecular complexity index is 155. The largest absolute Gasteiger partial charge is 0.179 e. The highest BCUT2D eigenvalue weighted by molar-refractivity contribution is 7.80. The molecule has 0 aliphatic rings. The van der Waals surface area contributed by atoms with Crippen LogP contribution in [0.5, 0.6) is 0 Å². The van der Waals surface area contributed by atoms with E-state index in [-0.39, 0.29) is 0 Å². The van der Waals surface area contributed by atoms with Gasteiger partial charge in [-0.2, -0.15) is 12.6 Å². The number of thiol groups is 1. The first-order valence-corrected chi connectivity index (χ1v) is 12.1. The number of hydrogen-bond acceptors (Lipinski definition) is 1. The van der Waals surface area contributed by atoms with Crippen molar-refractivity contribution in [2.75, 3.05) is 5.75 Å². The predicted octanol–water partition coefficient (Wildman–Crippen LogP) is 6.33. The van der Waals surface area contributed by atoms with Crippen LogP contribution in [0.25, 0.3) is 0 Å². The molecule has 0 saturated carbocycles. The Balaban J connectivity index is 2.90. The molecule has 0 saturated heterocycles. The van der Waals surface area contributed by atoms with Crippen LogP contribution in [-0.2, 0) is 0 Å². The lowest BCUT2D eigenvalue weighted by Gasteiger charge is -2.03. The van der Waals surface area contributed by atoms with Crippen LogP contribution < -0.4 is 0 Å². The van der Waals surface area contributed by atoms with E-state index in [1.165, 1.54) is 125 Å². The van der Waals surface area contributed by atoms with Gasteiger partial charge in [-0.3, -0.25) is 0 Å². The molecular weight excluding hydrogens is 288 g/mol. The molecule has 0 rings (SSSR count). The van der Waals surface area contributed by atoms with Gasteiger partial charge in [-0.1, -0.05) is 109 Å². The van der Waals surface area contributed by atoms with Crippen LogP contribution in [0.2, 0.25) is 6.04 Å². The van der Waals surface area contributed by atoms with Gasteiger partial charge in [0, 0.05) is 10.2 Å². The monoisotopic (exact) mass is 330 g/mol. The van der Waals surface area contributed by atoms with Crippen LogP contribution in [0.4, 0.5) is 0 Å². The summed E-state index contributed by atoms with van der Waals surface area (Å²) in [6, 6.07) is 1.51. The van der Waals surface area contributed by atoms with Crippen molar-refractivity contribution in [1.29, 1.82) is 0 Å². The Morgan fingerprint density at radius 1 is 0.381 bits per heavy atom. The van der Waals surface area contributed by atoms with Crippen molar-refractivity contribution in [2.24, 2.45) is 0 Å². The first-order valence-electron chi connectivity index (χ1n) is 10.0.